The van der Waals surface area contributed by atoms with E-state index in [1.54, 1.807) is 18.4 Å². The molecule has 0 aliphatic carbocycles. The van der Waals surface area contributed by atoms with Crippen molar-refractivity contribution in [3.63, 3.8) is 0 Å². The van der Waals surface area contributed by atoms with Crippen LogP contribution >= 0.6 is 11.3 Å². The van der Waals surface area contributed by atoms with Crippen molar-refractivity contribution in [1.29, 1.82) is 0 Å². The molecule has 1 aliphatic rings. The van der Waals surface area contributed by atoms with Crippen molar-refractivity contribution in [2.24, 2.45) is 0 Å². The van der Waals surface area contributed by atoms with Crippen molar-refractivity contribution in [3.8, 4) is 5.75 Å². The maximum Gasteiger partial charge on any atom is 0.236 e. The van der Waals surface area contributed by atoms with Crippen LogP contribution in [0.2, 0.25) is 0 Å². The van der Waals surface area contributed by atoms with E-state index in [0.717, 1.165) is 49.9 Å². The summed E-state index contributed by atoms with van der Waals surface area (Å²) in [6.45, 7) is 4.85. The van der Waals surface area contributed by atoms with E-state index >= 15 is 0 Å². The minimum absolute atomic E-state index is 0.173. The number of thiophene rings is 1. The summed E-state index contributed by atoms with van der Waals surface area (Å²) >= 11 is 1.72. The third-order valence-electron chi connectivity index (χ3n) is 5.51. The van der Waals surface area contributed by atoms with E-state index in [2.05, 4.69) is 38.4 Å². The van der Waals surface area contributed by atoms with Crippen molar-refractivity contribution in [2.45, 2.75) is 13.1 Å². The second kappa shape index (κ2) is 10.4. The number of aromatic nitrogens is 1. The first-order chi connectivity index (χ1) is 15.2. The number of para-hydroxylation sites is 1. The van der Waals surface area contributed by atoms with Crippen molar-refractivity contribution < 1.29 is 9.53 Å². The Morgan fingerprint density at radius 2 is 1.84 bits per heavy atom. The van der Waals surface area contributed by atoms with E-state index in [1.165, 1.54) is 4.88 Å². The molecule has 3 aromatic rings. The Bertz CT molecular complexity index is 957. The van der Waals surface area contributed by atoms with Gasteiger partial charge in [-0.15, -0.1) is 11.3 Å². The van der Waals surface area contributed by atoms with Gasteiger partial charge in [0.2, 0.25) is 5.91 Å². The summed E-state index contributed by atoms with van der Waals surface area (Å²) in [5.74, 6) is 2.01. The first kappa shape index (κ1) is 21.3. The van der Waals surface area contributed by atoms with E-state index in [0.29, 0.717) is 13.1 Å². The minimum Gasteiger partial charge on any atom is -0.496 e. The Labute approximate surface area is 187 Å². The third kappa shape index (κ3) is 5.62. The van der Waals surface area contributed by atoms with E-state index < -0.39 is 0 Å². The van der Waals surface area contributed by atoms with Gasteiger partial charge in [-0.25, -0.2) is 4.98 Å². The second-order valence-corrected chi connectivity index (χ2v) is 8.62. The zero-order chi connectivity index (χ0) is 21.5. The number of pyridine rings is 1. The van der Waals surface area contributed by atoms with Gasteiger partial charge in [0.25, 0.3) is 0 Å². The number of piperazine rings is 1. The molecular weight excluding hydrogens is 408 g/mol. The van der Waals surface area contributed by atoms with Gasteiger partial charge in [0, 0.05) is 55.9 Å². The lowest BCUT2D eigenvalue weighted by atomic mass is 10.2. The third-order valence-corrected chi connectivity index (χ3v) is 6.37. The highest BCUT2D eigenvalue weighted by Gasteiger charge is 2.24. The molecule has 162 valence electrons. The van der Waals surface area contributed by atoms with Crippen LogP contribution in [0.15, 0.2) is 66.2 Å². The molecule has 1 aromatic carbocycles. The molecule has 1 saturated heterocycles. The lowest BCUT2D eigenvalue weighted by molar-refractivity contribution is -0.133. The number of anilines is 1. The average molecular weight is 437 g/mol. The van der Waals surface area contributed by atoms with Gasteiger partial charge in [0.05, 0.1) is 13.7 Å². The zero-order valence-electron chi connectivity index (χ0n) is 17.8. The first-order valence-corrected chi connectivity index (χ1v) is 11.4. The monoisotopic (exact) mass is 436 g/mol. The maximum atomic E-state index is 13.1. The van der Waals surface area contributed by atoms with Gasteiger partial charge in [0.15, 0.2) is 0 Å². The van der Waals surface area contributed by atoms with E-state index in [-0.39, 0.29) is 5.91 Å². The number of benzene rings is 1. The predicted molar refractivity (Wildman–Crippen MR) is 124 cm³/mol. The summed E-state index contributed by atoms with van der Waals surface area (Å²) in [6.07, 6.45) is 1.81. The molecule has 6 nitrogen and oxygen atoms in total. The Morgan fingerprint density at radius 1 is 1.03 bits per heavy atom. The molecule has 0 radical (unpaired) electrons. The molecule has 31 heavy (non-hydrogen) atoms. The summed E-state index contributed by atoms with van der Waals surface area (Å²) in [7, 11) is 1.69. The van der Waals surface area contributed by atoms with E-state index in [9.17, 15) is 4.79 Å². The molecular formula is C24H28N4O2S. The number of carbonyl (C=O) groups is 1. The summed E-state index contributed by atoms with van der Waals surface area (Å²) in [4.78, 5) is 25.2. The number of carbonyl (C=O) groups excluding carboxylic acids is 1. The van der Waals surface area contributed by atoms with Crippen LogP contribution in [-0.2, 0) is 17.9 Å². The molecule has 7 heteroatoms. The molecule has 0 bridgehead atoms. The smallest absolute Gasteiger partial charge is 0.236 e. The fourth-order valence-electron chi connectivity index (χ4n) is 3.88. The Kier molecular flexibility index (Phi) is 7.17. The molecule has 0 N–H and O–H groups in total. The van der Waals surface area contributed by atoms with Crippen LogP contribution in [0.5, 0.6) is 5.75 Å². The average Bonchev–Trinajstić information content (AvgIpc) is 3.33. The van der Waals surface area contributed by atoms with Crippen molar-refractivity contribution >= 4 is 23.1 Å². The number of rotatable bonds is 8. The van der Waals surface area contributed by atoms with Gasteiger partial charge in [-0.05, 0) is 29.6 Å². The van der Waals surface area contributed by atoms with Gasteiger partial charge >= 0.3 is 0 Å². The zero-order valence-corrected chi connectivity index (χ0v) is 18.6. The lowest BCUT2D eigenvalue weighted by Crippen LogP contribution is -2.51. The normalized spacial score (nSPS) is 14.1. The summed E-state index contributed by atoms with van der Waals surface area (Å²) in [5.41, 5.74) is 1.09. The van der Waals surface area contributed by atoms with Crippen LogP contribution in [-0.4, -0.2) is 60.5 Å². The van der Waals surface area contributed by atoms with Gasteiger partial charge < -0.3 is 14.5 Å². The van der Waals surface area contributed by atoms with Crippen molar-refractivity contribution in [2.75, 3.05) is 44.7 Å². The van der Waals surface area contributed by atoms with Crippen LogP contribution in [0.4, 0.5) is 5.82 Å². The van der Waals surface area contributed by atoms with Gasteiger partial charge in [-0.3, -0.25) is 9.69 Å². The topological polar surface area (TPSA) is 48.9 Å². The van der Waals surface area contributed by atoms with Crippen LogP contribution in [0, 0.1) is 0 Å². The Hall–Kier alpha value is -2.90. The molecule has 2 aromatic heterocycles. The molecule has 1 aliphatic heterocycles. The highest BCUT2D eigenvalue weighted by Crippen LogP contribution is 2.22. The highest BCUT2D eigenvalue weighted by molar-refractivity contribution is 7.09. The molecule has 1 amide bonds. The molecule has 4 rings (SSSR count). The fraction of sp³-hybridized carbons (Fsp3) is 0.333. The number of hydrogen-bond donors (Lipinski definition) is 0. The second-order valence-electron chi connectivity index (χ2n) is 7.59. The summed E-state index contributed by atoms with van der Waals surface area (Å²) in [6, 6.07) is 18.1. The number of ether oxygens (including phenoxy) is 1. The minimum atomic E-state index is 0.173. The van der Waals surface area contributed by atoms with Gasteiger partial charge in [-0.2, -0.15) is 0 Å². The van der Waals surface area contributed by atoms with E-state index in [4.69, 9.17) is 4.74 Å². The standard InChI is InChI=1S/C24H28N4O2S/c1-30-22-9-3-2-7-20(22)17-26(18-21-8-6-16-31-21)19-24(29)28-14-12-27(13-15-28)23-10-4-5-11-25-23/h2-11,16H,12-15,17-19H2,1H3. The molecule has 3 heterocycles. The lowest BCUT2D eigenvalue weighted by Gasteiger charge is -2.36. The summed E-state index contributed by atoms with van der Waals surface area (Å²) in [5, 5.41) is 2.08. The first-order valence-electron chi connectivity index (χ1n) is 10.5. The van der Waals surface area contributed by atoms with Crippen LogP contribution in [0.3, 0.4) is 0 Å². The predicted octanol–water partition coefficient (Wildman–Crippen LogP) is 3.50. The van der Waals surface area contributed by atoms with Crippen LogP contribution in [0.1, 0.15) is 10.4 Å². The van der Waals surface area contributed by atoms with Crippen LogP contribution in [0.25, 0.3) is 0 Å². The highest BCUT2D eigenvalue weighted by atomic mass is 32.1. The quantitative estimate of drug-likeness (QED) is 0.541. The largest absolute Gasteiger partial charge is 0.496 e. The number of hydrogen-bond acceptors (Lipinski definition) is 6. The molecule has 0 atom stereocenters. The van der Waals surface area contributed by atoms with E-state index in [1.807, 2.05) is 47.5 Å². The summed E-state index contributed by atoms with van der Waals surface area (Å²) < 4.78 is 5.53. The van der Waals surface area contributed by atoms with Gasteiger partial charge in [-0.1, -0.05) is 30.3 Å². The Balaban J connectivity index is 1.40. The van der Waals surface area contributed by atoms with Gasteiger partial charge in [0.1, 0.15) is 11.6 Å². The number of amides is 1. The van der Waals surface area contributed by atoms with Crippen molar-refractivity contribution in [1.82, 2.24) is 14.8 Å². The molecule has 1 fully saturated rings. The molecule has 0 saturated carbocycles. The number of nitrogens with zero attached hydrogens (tertiary/aromatic N) is 4. The van der Waals surface area contributed by atoms with Crippen LogP contribution < -0.4 is 9.64 Å². The molecule has 0 unspecified atom stereocenters. The SMILES string of the molecule is COc1ccccc1CN(CC(=O)N1CCN(c2ccccn2)CC1)Cc1cccs1. The molecule has 0 spiro atoms. The fourth-order valence-corrected chi connectivity index (χ4v) is 4.63. The Morgan fingerprint density at radius 3 is 2.55 bits per heavy atom. The number of methoxy groups -OCH3 is 1. The van der Waals surface area contributed by atoms with Crippen molar-refractivity contribution in [3.05, 3.63) is 76.6 Å². The maximum absolute atomic E-state index is 13.1.